The van der Waals surface area contributed by atoms with Crippen LogP contribution < -0.4 is 0 Å². The molecule has 0 aromatic heterocycles. The molecular weight excluding hydrogens is 184 g/mol. The van der Waals surface area contributed by atoms with Crippen molar-refractivity contribution in [1.29, 1.82) is 0 Å². The van der Waals surface area contributed by atoms with E-state index in [1.165, 1.54) is 0 Å². The van der Waals surface area contributed by atoms with Crippen molar-refractivity contribution in [2.24, 2.45) is 0 Å². The van der Waals surface area contributed by atoms with Gasteiger partial charge in [-0.3, -0.25) is 0 Å². The van der Waals surface area contributed by atoms with Gasteiger partial charge in [-0.2, -0.15) is 0 Å². The van der Waals surface area contributed by atoms with Crippen LogP contribution in [0.4, 0.5) is 0 Å². The minimum absolute atomic E-state index is 0. The third-order valence-electron chi connectivity index (χ3n) is 0. The van der Waals surface area contributed by atoms with E-state index in [0.717, 1.165) is 0 Å². The molecule has 0 aromatic rings. The van der Waals surface area contributed by atoms with Gasteiger partial charge in [-0.15, -0.1) is 0 Å². The molecule has 0 bridgehead atoms. The van der Waals surface area contributed by atoms with Gasteiger partial charge < -0.3 is 0 Å². The molecular formula is Ca3Cu. The van der Waals surface area contributed by atoms with E-state index in [2.05, 4.69) is 0 Å². The van der Waals surface area contributed by atoms with Gasteiger partial charge in [-0.25, -0.2) is 0 Å². The summed E-state index contributed by atoms with van der Waals surface area (Å²) < 4.78 is 0. The molecule has 0 aliphatic carbocycles. The van der Waals surface area contributed by atoms with Gasteiger partial charge in [-0.1, -0.05) is 0 Å². The molecule has 4 heavy (non-hydrogen) atoms. The Labute approximate surface area is 126 Å². The first-order valence-corrected chi connectivity index (χ1v) is 0. The molecule has 4 heteroatoms. The Hall–Kier alpha value is 4.30. The van der Waals surface area contributed by atoms with Crippen molar-refractivity contribution >= 4 is 113 Å². The summed E-state index contributed by atoms with van der Waals surface area (Å²) in [6.45, 7) is 0. The van der Waals surface area contributed by atoms with Crippen LogP contribution in [-0.2, 0) is 17.1 Å². The van der Waals surface area contributed by atoms with Crippen LogP contribution in [0.25, 0.3) is 0 Å². The Kier molecular flexibility index (Phi) is 93.7. The maximum atomic E-state index is 0. The monoisotopic (exact) mass is 183 g/mol. The van der Waals surface area contributed by atoms with Crippen LogP contribution in [0.1, 0.15) is 0 Å². The van der Waals surface area contributed by atoms with E-state index in [4.69, 9.17) is 0 Å². The smallest absolute Gasteiger partial charge is 0 e. The SMILES string of the molecule is [Ca].[Ca].[Ca].[Cu]. The zero-order valence-electron chi connectivity index (χ0n) is 2.42. The Morgan fingerprint density at radius 2 is 0.500 bits per heavy atom. The molecule has 0 aliphatic rings. The summed E-state index contributed by atoms with van der Waals surface area (Å²) in [4.78, 5) is 0. The van der Waals surface area contributed by atoms with E-state index < -0.39 is 0 Å². The van der Waals surface area contributed by atoms with Crippen LogP contribution in [0.5, 0.6) is 0 Å². The van der Waals surface area contributed by atoms with Gasteiger partial charge in [0.1, 0.15) is 0 Å². The van der Waals surface area contributed by atoms with Gasteiger partial charge in [0.25, 0.3) is 0 Å². The molecule has 0 nitrogen and oxygen atoms in total. The van der Waals surface area contributed by atoms with Crippen molar-refractivity contribution in [1.82, 2.24) is 0 Å². The molecule has 7 radical (unpaired) electrons. The van der Waals surface area contributed by atoms with E-state index in [-0.39, 0.29) is 130 Å². The van der Waals surface area contributed by atoms with Crippen molar-refractivity contribution in [3.8, 4) is 0 Å². The van der Waals surface area contributed by atoms with E-state index >= 15 is 0 Å². The van der Waals surface area contributed by atoms with Crippen molar-refractivity contribution in [2.75, 3.05) is 0 Å². The first-order valence-electron chi connectivity index (χ1n) is 0. The van der Waals surface area contributed by atoms with Crippen LogP contribution in [-0.4, -0.2) is 113 Å². The molecule has 0 saturated carbocycles. The molecule has 0 atom stereocenters. The number of hydrogen-bond acceptors (Lipinski definition) is 0. The van der Waals surface area contributed by atoms with Crippen LogP contribution in [0.2, 0.25) is 0 Å². The van der Waals surface area contributed by atoms with Crippen molar-refractivity contribution in [3.63, 3.8) is 0 Å². The van der Waals surface area contributed by atoms with Crippen molar-refractivity contribution in [2.45, 2.75) is 0 Å². The summed E-state index contributed by atoms with van der Waals surface area (Å²) in [7, 11) is 0. The average molecular weight is 184 g/mol. The molecule has 0 unspecified atom stereocenters. The zero-order valence-corrected chi connectivity index (χ0v) is 9.99. The summed E-state index contributed by atoms with van der Waals surface area (Å²) >= 11 is 0. The van der Waals surface area contributed by atoms with Crippen molar-refractivity contribution < 1.29 is 17.1 Å². The summed E-state index contributed by atoms with van der Waals surface area (Å²) in [5, 5.41) is 0. The normalized spacial score (nSPS) is 0. The summed E-state index contributed by atoms with van der Waals surface area (Å²) in [5.74, 6) is 0. The molecule has 0 saturated heterocycles. The third kappa shape index (κ3) is 9.57. The number of hydrogen-bond donors (Lipinski definition) is 0. The Bertz CT molecular complexity index is 3.25. The summed E-state index contributed by atoms with van der Waals surface area (Å²) in [5.41, 5.74) is 0. The third-order valence-corrected chi connectivity index (χ3v) is 0. The molecule has 0 spiro atoms. The molecule has 0 amide bonds. The molecule has 0 aromatic carbocycles. The fourth-order valence-corrected chi connectivity index (χ4v) is 0. The second-order valence-electron chi connectivity index (χ2n) is 0. The molecule has 0 fully saturated rings. The maximum Gasteiger partial charge on any atom is 0 e. The van der Waals surface area contributed by atoms with E-state index in [1.54, 1.807) is 0 Å². The predicted molar refractivity (Wildman–Crippen MR) is 17.3 cm³/mol. The van der Waals surface area contributed by atoms with E-state index in [1.807, 2.05) is 0 Å². The first-order chi connectivity index (χ1) is 0. The maximum absolute atomic E-state index is 0. The van der Waals surface area contributed by atoms with Crippen LogP contribution >= 0.6 is 0 Å². The van der Waals surface area contributed by atoms with Gasteiger partial charge in [0.2, 0.25) is 0 Å². The molecule has 17 valence electrons. The molecule has 0 aliphatic heterocycles. The van der Waals surface area contributed by atoms with Gasteiger partial charge in [0.15, 0.2) is 0 Å². The Morgan fingerprint density at radius 3 is 0.500 bits per heavy atom. The second-order valence-corrected chi connectivity index (χ2v) is 0. The van der Waals surface area contributed by atoms with Crippen LogP contribution in [0, 0.1) is 0 Å². The topological polar surface area (TPSA) is 0 Å². The van der Waals surface area contributed by atoms with Gasteiger partial charge in [-0.05, 0) is 0 Å². The molecule has 0 rings (SSSR count). The predicted octanol–water partition coefficient (Wildman–Crippen LogP) is -1.14. The Balaban J connectivity index is 0. The minimum Gasteiger partial charge on any atom is 0 e. The van der Waals surface area contributed by atoms with Crippen LogP contribution in [0.15, 0.2) is 0 Å². The second kappa shape index (κ2) is 15.7. The summed E-state index contributed by atoms with van der Waals surface area (Å²) in [6, 6.07) is 0. The quantitative estimate of drug-likeness (QED) is 0.417. The fraction of sp³-hybridized carbons (Fsp3) is 0. The van der Waals surface area contributed by atoms with E-state index in [9.17, 15) is 0 Å². The zero-order chi connectivity index (χ0) is 0. The summed E-state index contributed by atoms with van der Waals surface area (Å²) in [6.07, 6.45) is 0. The van der Waals surface area contributed by atoms with E-state index in [0.29, 0.717) is 0 Å². The number of rotatable bonds is 0. The van der Waals surface area contributed by atoms with Crippen molar-refractivity contribution in [3.05, 3.63) is 0 Å². The van der Waals surface area contributed by atoms with Gasteiger partial charge >= 0.3 is 0 Å². The average Bonchev–Trinajstić information content (AvgIpc) is 0. The standard InChI is InChI=1S/3Ca.Cu. The first kappa shape index (κ1) is 23.9. The molecule has 0 N–H and O–H groups in total. The van der Waals surface area contributed by atoms with Gasteiger partial charge in [0, 0.05) is 130 Å². The molecule has 0 heterocycles. The van der Waals surface area contributed by atoms with Gasteiger partial charge in [0.05, 0.1) is 0 Å². The minimum atomic E-state index is 0. The van der Waals surface area contributed by atoms with Crippen LogP contribution in [0.3, 0.4) is 0 Å². The Morgan fingerprint density at radius 1 is 0.500 bits per heavy atom. The fourth-order valence-electron chi connectivity index (χ4n) is 0. The largest absolute Gasteiger partial charge is 0 e.